The number of hydrogen-bond acceptors (Lipinski definition) is 6. The van der Waals surface area contributed by atoms with Gasteiger partial charge in [0.15, 0.2) is 5.65 Å². The van der Waals surface area contributed by atoms with Crippen molar-refractivity contribution in [3.05, 3.63) is 35.2 Å². The highest BCUT2D eigenvalue weighted by Crippen LogP contribution is 2.38. The first-order valence-corrected chi connectivity index (χ1v) is 12.5. The lowest BCUT2D eigenvalue weighted by Gasteiger charge is -2.29. The summed E-state index contributed by atoms with van der Waals surface area (Å²) in [7, 11) is 0. The van der Waals surface area contributed by atoms with Crippen LogP contribution in [0.5, 0.6) is 0 Å². The average molecular weight is 522 g/mol. The molecule has 2 aliphatic carbocycles. The van der Waals surface area contributed by atoms with E-state index in [0.29, 0.717) is 61.6 Å². The minimum Gasteiger partial charge on any atom is -0.369 e. The summed E-state index contributed by atoms with van der Waals surface area (Å²) in [6.07, 6.45) is 4.40. The van der Waals surface area contributed by atoms with E-state index < -0.39 is 11.7 Å². The molecule has 3 aromatic rings. The Morgan fingerprint density at radius 3 is 2.50 bits per heavy atom. The summed E-state index contributed by atoms with van der Waals surface area (Å²) in [6.45, 7) is 0. The average Bonchev–Trinajstić information content (AvgIpc) is 3.20. The molecule has 1 aromatic carbocycles. The van der Waals surface area contributed by atoms with Crippen LogP contribution in [-0.4, -0.2) is 37.4 Å². The Balaban J connectivity index is 1.48. The van der Waals surface area contributed by atoms with E-state index in [-0.39, 0.29) is 47.5 Å². The number of carbonyl (C=O) groups excluding carboxylic acids is 1. The van der Waals surface area contributed by atoms with Crippen molar-refractivity contribution in [3.8, 4) is 0 Å². The molecule has 2 saturated carbocycles. The van der Waals surface area contributed by atoms with Gasteiger partial charge in [-0.3, -0.25) is 9.36 Å². The predicted molar refractivity (Wildman–Crippen MR) is 131 cm³/mol. The highest BCUT2D eigenvalue weighted by molar-refractivity contribution is 6.33. The fourth-order valence-electron chi connectivity index (χ4n) is 5.11. The molecular weight excluding hydrogens is 495 g/mol. The number of halogens is 4. The normalized spacial score (nSPS) is 22.4. The molecular formula is C24H27ClF3N7O. The Morgan fingerprint density at radius 1 is 1.11 bits per heavy atom. The van der Waals surface area contributed by atoms with Crippen LogP contribution in [0, 0.1) is 11.7 Å². The Morgan fingerprint density at radius 2 is 1.83 bits per heavy atom. The third-order valence-corrected chi connectivity index (χ3v) is 7.46. The van der Waals surface area contributed by atoms with Crippen LogP contribution in [0.4, 0.5) is 30.8 Å². The maximum Gasteiger partial charge on any atom is 0.248 e. The molecule has 4 N–H and O–H groups in total. The predicted octanol–water partition coefficient (Wildman–Crippen LogP) is 5.57. The quantitative estimate of drug-likeness (QED) is 0.391. The largest absolute Gasteiger partial charge is 0.369 e. The van der Waals surface area contributed by atoms with E-state index in [2.05, 4.69) is 25.6 Å². The molecule has 192 valence electrons. The second-order valence-corrected chi connectivity index (χ2v) is 10.0. The Labute approximate surface area is 210 Å². The van der Waals surface area contributed by atoms with Crippen LogP contribution in [-0.2, 0) is 4.79 Å². The number of amides is 1. The second kappa shape index (κ2) is 9.76. The lowest BCUT2D eigenvalue weighted by Crippen LogP contribution is -2.32. The van der Waals surface area contributed by atoms with E-state index in [1.54, 1.807) is 12.3 Å². The number of nitrogens with two attached hydrogens (primary N) is 1. The fraction of sp³-hybridized carbons (Fsp3) is 0.500. The zero-order valence-electron chi connectivity index (χ0n) is 19.5. The Hall–Kier alpha value is -3.08. The summed E-state index contributed by atoms with van der Waals surface area (Å²) in [5.41, 5.74) is 6.61. The molecule has 2 aliphatic rings. The molecule has 0 atom stereocenters. The number of alkyl halides is 2. The van der Waals surface area contributed by atoms with Gasteiger partial charge in [0.1, 0.15) is 11.3 Å². The van der Waals surface area contributed by atoms with Gasteiger partial charge in [0.05, 0.1) is 16.9 Å². The zero-order valence-corrected chi connectivity index (χ0v) is 20.2. The third-order valence-electron chi connectivity index (χ3n) is 7.15. The maximum absolute atomic E-state index is 14.6. The lowest BCUT2D eigenvalue weighted by atomic mass is 9.85. The molecule has 8 nitrogen and oxygen atoms in total. The van der Waals surface area contributed by atoms with E-state index in [0.717, 1.165) is 0 Å². The first-order chi connectivity index (χ1) is 17.2. The monoisotopic (exact) mass is 521 g/mol. The summed E-state index contributed by atoms with van der Waals surface area (Å²) >= 11 is 6.24. The van der Waals surface area contributed by atoms with Crippen molar-refractivity contribution < 1.29 is 18.0 Å². The van der Waals surface area contributed by atoms with Gasteiger partial charge in [-0.1, -0.05) is 17.7 Å². The zero-order chi connectivity index (χ0) is 25.4. The number of fused-ring (bicyclic) bond motifs is 1. The molecule has 2 heterocycles. The van der Waals surface area contributed by atoms with Gasteiger partial charge in [-0.15, -0.1) is 0 Å². The third kappa shape index (κ3) is 5.07. The number of para-hydroxylation sites is 1. The number of aromatic nitrogens is 4. The molecule has 1 amide bonds. The van der Waals surface area contributed by atoms with Gasteiger partial charge in [0.25, 0.3) is 0 Å². The van der Waals surface area contributed by atoms with Crippen LogP contribution < -0.4 is 16.4 Å². The molecule has 12 heteroatoms. The first-order valence-electron chi connectivity index (χ1n) is 12.1. The number of anilines is 3. The van der Waals surface area contributed by atoms with E-state index in [9.17, 15) is 18.0 Å². The number of benzene rings is 1. The molecule has 0 aliphatic heterocycles. The van der Waals surface area contributed by atoms with Crippen molar-refractivity contribution in [2.45, 2.75) is 69.4 Å². The summed E-state index contributed by atoms with van der Waals surface area (Å²) < 4.78 is 43.6. The molecule has 5 rings (SSSR count). The fourth-order valence-corrected chi connectivity index (χ4v) is 5.32. The van der Waals surface area contributed by atoms with Crippen molar-refractivity contribution in [2.75, 3.05) is 10.6 Å². The molecule has 0 bridgehead atoms. The second-order valence-electron chi connectivity index (χ2n) is 9.61. The first kappa shape index (κ1) is 24.6. The smallest absolute Gasteiger partial charge is 0.248 e. The minimum atomic E-state index is -2.63. The minimum absolute atomic E-state index is 0.0743. The highest BCUT2D eigenvalue weighted by Gasteiger charge is 2.35. The summed E-state index contributed by atoms with van der Waals surface area (Å²) in [5, 5.41) is 6.40. The number of primary amides is 1. The van der Waals surface area contributed by atoms with Crippen LogP contribution in [0.25, 0.3) is 11.2 Å². The van der Waals surface area contributed by atoms with Crippen molar-refractivity contribution in [1.29, 1.82) is 0 Å². The topological polar surface area (TPSA) is 111 Å². The van der Waals surface area contributed by atoms with E-state index in [1.807, 2.05) is 4.57 Å². The molecule has 0 unspecified atom stereocenters. The summed E-state index contributed by atoms with van der Waals surface area (Å²) in [4.78, 5) is 25.3. The molecule has 0 radical (unpaired) electrons. The molecule has 36 heavy (non-hydrogen) atoms. The van der Waals surface area contributed by atoms with Gasteiger partial charge in [0, 0.05) is 30.8 Å². The molecule has 0 spiro atoms. The van der Waals surface area contributed by atoms with Gasteiger partial charge in [-0.25, -0.2) is 23.1 Å². The van der Waals surface area contributed by atoms with Crippen LogP contribution in [0.2, 0.25) is 5.02 Å². The number of carbonyl (C=O) groups is 1. The summed E-state index contributed by atoms with van der Waals surface area (Å²) in [6, 6.07) is 4.16. The number of nitrogens with zero attached hydrogens (tertiary/aromatic N) is 4. The Kier molecular flexibility index (Phi) is 6.67. The number of hydrogen-bond donors (Lipinski definition) is 3. The van der Waals surface area contributed by atoms with Crippen molar-refractivity contribution in [1.82, 2.24) is 19.5 Å². The van der Waals surface area contributed by atoms with Crippen molar-refractivity contribution >= 4 is 46.3 Å². The van der Waals surface area contributed by atoms with Gasteiger partial charge in [0.2, 0.25) is 23.7 Å². The van der Waals surface area contributed by atoms with Crippen molar-refractivity contribution in [3.63, 3.8) is 0 Å². The van der Waals surface area contributed by atoms with Gasteiger partial charge >= 0.3 is 0 Å². The lowest BCUT2D eigenvalue weighted by molar-refractivity contribution is -0.122. The van der Waals surface area contributed by atoms with Crippen LogP contribution in [0.15, 0.2) is 24.4 Å². The number of nitrogens with one attached hydrogen (secondary N) is 2. The van der Waals surface area contributed by atoms with Crippen LogP contribution in [0.3, 0.4) is 0 Å². The maximum atomic E-state index is 14.6. The van der Waals surface area contributed by atoms with E-state index >= 15 is 0 Å². The number of rotatable bonds is 6. The van der Waals surface area contributed by atoms with Crippen molar-refractivity contribution in [2.24, 2.45) is 11.7 Å². The van der Waals surface area contributed by atoms with Gasteiger partial charge < -0.3 is 16.4 Å². The van der Waals surface area contributed by atoms with E-state index in [1.165, 1.54) is 12.1 Å². The standard InChI is InChI=1S/C24H27ClF3N7O/c25-16-2-1-3-17(26)19(16)33-23-32-18-12-30-22(31-14-8-10-24(27,28)11-9-14)34-21(18)35(23)15-6-4-13(5-7-15)20(29)36/h1-3,12-15H,4-11H2,(H2,29,36)(H,32,33)(H,30,31,34). The van der Waals surface area contributed by atoms with Crippen LogP contribution >= 0.6 is 11.6 Å². The molecule has 2 aromatic heterocycles. The van der Waals surface area contributed by atoms with Crippen LogP contribution in [0.1, 0.15) is 57.4 Å². The molecule has 2 fully saturated rings. The highest BCUT2D eigenvalue weighted by atomic mass is 35.5. The Bertz CT molecular complexity index is 1250. The number of imidazole rings is 1. The molecule has 0 saturated heterocycles. The summed E-state index contributed by atoms with van der Waals surface area (Å²) in [5.74, 6) is -2.98. The van der Waals surface area contributed by atoms with Gasteiger partial charge in [-0.2, -0.15) is 4.98 Å². The SMILES string of the molecule is NC(=O)C1CCC(n2c(Nc3c(F)cccc3Cl)nc3cnc(NC4CCC(F)(F)CC4)nc32)CC1. The van der Waals surface area contributed by atoms with E-state index in [4.69, 9.17) is 17.3 Å². The van der Waals surface area contributed by atoms with Gasteiger partial charge in [-0.05, 0) is 50.7 Å².